The van der Waals surface area contributed by atoms with Crippen molar-refractivity contribution in [2.45, 2.75) is 91.4 Å². The highest BCUT2D eigenvalue weighted by Gasteiger charge is 2.31. The number of hydrogen-bond donors (Lipinski definition) is 6. The van der Waals surface area contributed by atoms with Crippen molar-refractivity contribution in [1.82, 2.24) is 26.6 Å². The van der Waals surface area contributed by atoms with Gasteiger partial charge in [0.15, 0.2) is 0 Å². The van der Waals surface area contributed by atoms with Crippen LogP contribution in [0.1, 0.15) is 67.2 Å². The molecule has 1 rings (SSSR count). The van der Waals surface area contributed by atoms with Crippen LogP contribution in [-0.4, -0.2) is 65.5 Å². The van der Waals surface area contributed by atoms with Crippen molar-refractivity contribution in [2.24, 2.45) is 17.8 Å². The maximum atomic E-state index is 13.2. The fourth-order valence-corrected chi connectivity index (χ4v) is 3.71. The first kappa shape index (κ1) is 30.9. The number of rotatable bonds is 9. The minimum Gasteiger partial charge on any atom is -0.480 e. The van der Waals surface area contributed by atoms with Crippen molar-refractivity contribution in [3.05, 3.63) is 12.2 Å². The molecule has 0 aromatic heterocycles. The van der Waals surface area contributed by atoms with Gasteiger partial charge in [0.05, 0.1) is 0 Å². The highest BCUT2D eigenvalue weighted by Crippen LogP contribution is 2.11. The normalized spacial score (nSPS) is 21.8. The first-order valence-corrected chi connectivity index (χ1v) is 12.7. The predicted octanol–water partition coefficient (Wildman–Crippen LogP) is 1.29. The van der Waals surface area contributed by atoms with Crippen molar-refractivity contribution in [1.29, 1.82) is 0 Å². The summed E-state index contributed by atoms with van der Waals surface area (Å²) < 4.78 is 0. The summed E-state index contributed by atoms with van der Waals surface area (Å²) in [5.74, 6) is -2.89. The summed E-state index contributed by atoms with van der Waals surface area (Å²) in [7, 11) is 0. The molecule has 1 aliphatic heterocycles. The monoisotopic (exact) mass is 509 g/mol. The molecule has 0 radical (unpaired) electrons. The molecule has 1 aliphatic rings. The summed E-state index contributed by atoms with van der Waals surface area (Å²) in [6.45, 7) is 11.3. The number of amides is 5. The van der Waals surface area contributed by atoms with Crippen LogP contribution < -0.4 is 26.6 Å². The van der Waals surface area contributed by atoms with Gasteiger partial charge in [-0.3, -0.25) is 14.4 Å². The Morgan fingerprint density at radius 3 is 2.25 bits per heavy atom. The maximum absolute atomic E-state index is 13.2. The Hall–Kier alpha value is -3.11. The first-order chi connectivity index (χ1) is 16.9. The van der Waals surface area contributed by atoms with Crippen molar-refractivity contribution < 1.29 is 29.1 Å². The van der Waals surface area contributed by atoms with Crippen molar-refractivity contribution >= 4 is 29.7 Å². The minimum atomic E-state index is -1.15. The zero-order valence-corrected chi connectivity index (χ0v) is 22.2. The molecular formula is C25H43N5O6. The van der Waals surface area contributed by atoms with E-state index in [0.29, 0.717) is 32.2 Å². The van der Waals surface area contributed by atoms with Crippen LogP contribution in [0.3, 0.4) is 0 Å². The fraction of sp³-hybridized carbons (Fsp3) is 0.720. The quantitative estimate of drug-likeness (QED) is 0.274. The van der Waals surface area contributed by atoms with E-state index in [1.807, 2.05) is 20.8 Å². The van der Waals surface area contributed by atoms with Gasteiger partial charge in [-0.05, 0) is 37.0 Å². The molecule has 1 heterocycles. The van der Waals surface area contributed by atoms with E-state index in [0.717, 1.165) is 0 Å². The number of nitrogens with one attached hydrogen (secondary N) is 5. The fourth-order valence-electron chi connectivity index (χ4n) is 3.71. The SMILES string of the molecule is CCC(C)C(NC(=O)NC(C(=O)NC1CCCCNC(=O)C=CC(C(C)C)NC1=O)C(C)C)C(=O)O. The second-order valence-electron chi connectivity index (χ2n) is 10.0. The Kier molecular flexibility index (Phi) is 13.0. The van der Waals surface area contributed by atoms with E-state index in [-0.39, 0.29) is 29.6 Å². The third-order valence-corrected chi connectivity index (χ3v) is 6.34. The lowest BCUT2D eigenvalue weighted by atomic mass is 9.99. The Morgan fingerprint density at radius 1 is 1.06 bits per heavy atom. The van der Waals surface area contributed by atoms with Crippen LogP contribution in [0.5, 0.6) is 0 Å². The molecule has 0 saturated carbocycles. The number of carboxylic acid groups (broad SMARTS) is 1. The summed E-state index contributed by atoms with van der Waals surface area (Å²) >= 11 is 0. The molecule has 0 spiro atoms. The highest BCUT2D eigenvalue weighted by molar-refractivity contribution is 5.93. The third kappa shape index (κ3) is 10.2. The van der Waals surface area contributed by atoms with Crippen LogP contribution in [0.15, 0.2) is 12.2 Å². The lowest BCUT2D eigenvalue weighted by Gasteiger charge is -2.28. The molecule has 0 aromatic rings. The predicted molar refractivity (Wildman–Crippen MR) is 136 cm³/mol. The largest absolute Gasteiger partial charge is 0.480 e. The molecule has 0 bridgehead atoms. The van der Waals surface area contributed by atoms with Crippen molar-refractivity contribution in [3.8, 4) is 0 Å². The van der Waals surface area contributed by atoms with Gasteiger partial charge in [-0.1, -0.05) is 54.0 Å². The van der Waals surface area contributed by atoms with Gasteiger partial charge in [-0.15, -0.1) is 0 Å². The Labute approximate surface area is 213 Å². The molecule has 11 heteroatoms. The van der Waals surface area contributed by atoms with Crippen LogP contribution in [0, 0.1) is 17.8 Å². The third-order valence-electron chi connectivity index (χ3n) is 6.34. The first-order valence-electron chi connectivity index (χ1n) is 12.7. The lowest BCUT2D eigenvalue weighted by molar-refractivity contribution is -0.140. The van der Waals surface area contributed by atoms with E-state index in [9.17, 15) is 29.1 Å². The van der Waals surface area contributed by atoms with Gasteiger partial charge in [0.1, 0.15) is 18.1 Å². The minimum absolute atomic E-state index is 0.0127. The van der Waals surface area contributed by atoms with Crippen LogP contribution in [0.25, 0.3) is 0 Å². The molecular weight excluding hydrogens is 466 g/mol. The smallest absolute Gasteiger partial charge is 0.326 e. The molecule has 5 unspecified atom stereocenters. The van der Waals surface area contributed by atoms with E-state index >= 15 is 0 Å². The van der Waals surface area contributed by atoms with Crippen LogP contribution in [0.4, 0.5) is 4.79 Å². The molecule has 0 aromatic carbocycles. The van der Waals surface area contributed by atoms with E-state index in [4.69, 9.17) is 0 Å². The summed E-state index contributed by atoms with van der Waals surface area (Å²) in [6, 6.07) is -4.07. The Bertz CT molecular complexity index is 813. The number of aliphatic carboxylic acids is 1. The average Bonchev–Trinajstić information content (AvgIpc) is 2.80. The molecule has 0 fully saturated rings. The van der Waals surface area contributed by atoms with Crippen LogP contribution in [0.2, 0.25) is 0 Å². The van der Waals surface area contributed by atoms with Crippen molar-refractivity contribution in [2.75, 3.05) is 6.54 Å². The number of carboxylic acids is 1. The second-order valence-corrected chi connectivity index (χ2v) is 10.0. The molecule has 0 saturated heterocycles. The molecule has 6 N–H and O–H groups in total. The topological polar surface area (TPSA) is 166 Å². The Balaban J connectivity index is 2.98. The lowest BCUT2D eigenvalue weighted by Crippen LogP contribution is -2.59. The van der Waals surface area contributed by atoms with E-state index in [2.05, 4.69) is 26.6 Å². The van der Waals surface area contributed by atoms with Gasteiger partial charge in [-0.25, -0.2) is 9.59 Å². The molecule has 204 valence electrons. The van der Waals surface area contributed by atoms with Crippen LogP contribution in [-0.2, 0) is 19.2 Å². The molecule has 5 amide bonds. The summed E-state index contributed by atoms with van der Waals surface area (Å²) in [4.78, 5) is 62.3. The van der Waals surface area contributed by atoms with E-state index < -0.39 is 42.1 Å². The second kappa shape index (κ2) is 15.1. The van der Waals surface area contributed by atoms with E-state index in [1.165, 1.54) is 6.08 Å². The molecule has 11 nitrogen and oxygen atoms in total. The van der Waals surface area contributed by atoms with Gasteiger partial charge in [-0.2, -0.15) is 0 Å². The average molecular weight is 510 g/mol. The van der Waals surface area contributed by atoms with Crippen LogP contribution >= 0.6 is 0 Å². The zero-order valence-electron chi connectivity index (χ0n) is 22.2. The number of carbonyl (C=O) groups excluding carboxylic acids is 4. The van der Waals surface area contributed by atoms with Gasteiger partial charge in [0.2, 0.25) is 17.7 Å². The molecule has 36 heavy (non-hydrogen) atoms. The summed E-state index contributed by atoms with van der Waals surface area (Å²) in [5.41, 5.74) is 0. The van der Waals surface area contributed by atoms with Gasteiger partial charge < -0.3 is 31.7 Å². The zero-order chi connectivity index (χ0) is 27.4. The summed E-state index contributed by atoms with van der Waals surface area (Å²) in [5, 5.41) is 22.9. The van der Waals surface area contributed by atoms with Gasteiger partial charge in [0.25, 0.3) is 0 Å². The van der Waals surface area contributed by atoms with Crippen molar-refractivity contribution in [3.63, 3.8) is 0 Å². The standard InChI is InChI=1S/C25H43N5O6/c1-7-16(6)21(24(34)35)30-25(36)29-20(15(4)5)23(33)28-18-10-8-9-13-26-19(31)12-11-17(14(2)3)27-22(18)32/h11-12,14-18,20-21H,7-10,13H2,1-6H3,(H,26,31)(H,27,32)(H,28,33)(H,34,35)(H2,29,30,36). The number of hydrogen-bond acceptors (Lipinski definition) is 5. The van der Waals surface area contributed by atoms with Gasteiger partial charge in [0, 0.05) is 18.7 Å². The highest BCUT2D eigenvalue weighted by atomic mass is 16.4. The Morgan fingerprint density at radius 2 is 1.69 bits per heavy atom. The molecule has 5 atom stereocenters. The van der Waals surface area contributed by atoms with E-state index in [1.54, 1.807) is 26.8 Å². The summed E-state index contributed by atoms with van der Waals surface area (Å²) in [6.07, 6.45) is 5.17. The van der Waals surface area contributed by atoms with Gasteiger partial charge >= 0.3 is 12.0 Å². The maximum Gasteiger partial charge on any atom is 0.326 e. The molecule has 0 aliphatic carbocycles. The number of carbonyl (C=O) groups is 5. The number of urea groups is 1.